The lowest BCUT2D eigenvalue weighted by Gasteiger charge is -2.25. The van der Waals surface area contributed by atoms with E-state index in [1.807, 2.05) is 12.2 Å². The monoisotopic (exact) mass is 281 g/mol. The molecular formula is C13H12ClNO4. The number of fused-ring (bicyclic) bond motifs is 2. The van der Waals surface area contributed by atoms with Gasteiger partial charge in [0.2, 0.25) is 0 Å². The molecule has 0 N–H and O–H groups in total. The maximum atomic E-state index is 11.7. The third-order valence-electron chi connectivity index (χ3n) is 2.96. The molecule has 1 fully saturated rings. The Hall–Kier alpha value is -1.72. The van der Waals surface area contributed by atoms with Crippen LogP contribution in [0.15, 0.2) is 47.0 Å². The van der Waals surface area contributed by atoms with E-state index in [0.29, 0.717) is 12.2 Å². The van der Waals surface area contributed by atoms with Gasteiger partial charge in [0.15, 0.2) is 6.79 Å². The SMILES string of the molecule is CCOC(=O)C1=CN(Cl)C2=CC3OCOC3=CC2=C1. The molecule has 1 atom stereocenters. The van der Waals surface area contributed by atoms with Crippen LogP contribution in [0.3, 0.4) is 0 Å². The van der Waals surface area contributed by atoms with Crippen LogP contribution in [0.1, 0.15) is 6.92 Å². The van der Waals surface area contributed by atoms with Gasteiger partial charge in [0.05, 0.1) is 17.9 Å². The summed E-state index contributed by atoms with van der Waals surface area (Å²) < 4.78 is 17.1. The van der Waals surface area contributed by atoms with Gasteiger partial charge in [-0.05, 0) is 25.2 Å². The fourth-order valence-corrected chi connectivity index (χ4v) is 2.35. The second-order valence-electron chi connectivity index (χ2n) is 4.16. The van der Waals surface area contributed by atoms with Gasteiger partial charge in [0.25, 0.3) is 0 Å². The number of halogens is 1. The molecule has 0 aromatic rings. The molecule has 0 aromatic carbocycles. The first-order valence-corrected chi connectivity index (χ1v) is 6.26. The van der Waals surface area contributed by atoms with Gasteiger partial charge >= 0.3 is 5.97 Å². The lowest BCUT2D eigenvalue weighted by Crippen LogP contribution is -2.21. The van der Waals surface area contributed by atoms with E-state index in [2.05, 4.69) is 0 Å². The molecule has 1 saturated heterocycles. The average molecular weight is 282 g/mol. The van der Waals surface area contributed by atoms with Crippen LogP contribution in [0.4, 0.5) is 0 Å². The normalized spacial score (nSPS) is 24.3. The summed E-state index contributed by atoms with van der Waals surface area (Å²) in [6.07, 6.45) is 6.75. The van der Waals surface area contributed by atoms with Gasteiger partial charge < -0.3 is 14.2 Å². The summed E-state index contributed by atoms with van der Waals surface area (Å²) in [5.74, 6) is 0.328. The molecular weight excluding hydrogens is 270 g/mol. The maximum Gasteiger partial charge on any atom is 0.339 e. The van der Waals surface area contributed by atoms with Crippen LogP contribution in [0.2, 0.25) is 0 Å². The highest BCUT2D eigenvalue weighted by Gasteiger charge is 2.31. The first kappa shape index (κ1) is 12.3. The molecule has 100 valence electrons. The van der Waals surface area contributed by atoms with Crippen LogP contribution >= 0.6 is 11.8 Å². The van der Waals surface area contributed by atoms with E-state index >= 15 is 0 Å². The highest BCUT2D eigenvalue weighted by molar-refractivity contribution is 6.16. The Labute approximate surface area is 115 Å². The summed E-state index contributed by atoms with van der Waals surface area (Å²) in [6.45, 7) is 2.31. The molecule has 0 aromatic heterocycles. The Morgan fingerprint density at radius 2 is 2.42 bits per heavy atom. The van der Waals surface area contributed by atoms with Crippen LogP contribution in [0.5, 0.6) is 0 Å². The second-order valence-corrected chi connectivity index (χ2v) is 4.53. The highest BCUT2D eigenvalue weighted by Crippen LogP contribution is 2.35. The molecule has 5 nitrogen and oxygen atoms in total. The van der Waals surface area contributed by atoms with E-state index in [1.54, 1.807) is 13.0 Å². The van der Waals surface area contributed by atoms with Crippen molar-refractivity contribution >= 4 is 17.7 Å². The van der Waals surface area contributed by atoms with E-state index in [9.17, 15) is 4.79 Å². The molecule has 6 heteroatoms. The molecule has 0 radical (unpaired) electrons. The molecule has 1 unspecified atom stereocenters. The Morgan fingerprint density at radius 3 is 3.21 bits per heavy atom. The van der Waals surface area contributed by atoms with Crippen molar-refractivity contribution in [3.63, 3.8) is 0 Å². The van der Waals surface area contributed by atoms with Gasteiger partial charge in [-0.25, -0.2) is 4.79 Å². The molecule has 2 aliphatic heterocycles. The topological polar surface area (TPSA) is 48.0 Å². The number of rotatable bonds is 2. The van der Waals surface area contributed by atoms with Crippen molar-refractivity contribution in [3.8, 4) is 0 Å². The predicted octanol–water partition coefficient (Wildman–Crippen LogP) is 1.98. The van der Waals surface area contributed by atoms with Crippen molar-refractivity contribution in [1.29, 1.82) is 0 Å². The summed E-state index contributed by atoms with van der Waals surface area (Å²) >= 11 is 6.13. The molecule has 2 heterocycles. The molecule has 3 aliphatic rings. The summed E-state index contributed by atoms with van der Waals surface area (Å²) in [5.41, 5.74) is 1.98. The fourth-order valence-electron chi connectivity index (χ4n) is 2.09. The molecule has 19 heavy (non-hydrogen) atoms. The predicted molar refractivity (Wildman–Crippen MR) is 67.5 cm³/mol. The number of nitrogens with zero attached hydrogens (tertiary/aromatic N) is 1. The molecule has 0 amide bonds. The largest absolute Gasteiger partial charge is 0.469 e. The van der Waals surface area contributed by atoms with Crippen molar-refractivity contribution in [2.24, 2.45) is 0 Å². The minimum atomic E-state index is -0.399. The molecule has 0 saturated carbocycles. The number of carbonyl (C=O) groups is 1. The van der Waals surface area contributed by atoms with E-state index in [1.165, 1.54) is 10.6 Å². The Bertz CT molecular complexity index is 547. The maximum absolute atomic E-state index is 11.7. The lowest BCUT2D eigenvalue weighted by atomic mass is 9.98. The van der Waals surface area contributed by atoms with E-state index in [0.717, 1.165) is 17.0 Å². The molecule has 0 spiro atoms. The van der Waals surface area contributed by atoms with Crippen LogP contribution < -0.4 is 0 Å². The van der Waals surface area contributed by atoms with Crippen LogP contribution in [-0.4, -0.2) is 29.9 Å². The number of hydrogen-bond acceptors (Lipinski definition) is 5. The Morgan fingerprint density at radius 1 is 1.58 bits per heavy atom. The number of allylic oxidation sites excluding steroid dienone is 1. The van der Waals surface area contributed by atoms with Crippen molar-refractivity contribution < 1.29 is 19.0 Å². The van der Waals surface area contributed by atoms with Crippen LogP contribution in [-0.2, 0) is 19.0 Å². The summed E-state index contributed by atoms with van der Waals surface area (Å²) in [4.78, 5) is 11.7. The van der Waals surface area contributed by atoms with E-state index < -0.39 is 5.97 Å². The highest BCUT2D eigenvalue weighted by atomic mass is 35.5. The number of ether oxygens (including phenoxy) is 3. The minimum absolute atomic E-state index is 0.203. The van der Waals surface area contributed by atoms with Gasteiger partial charge in [-0.1, -0.05) is 0 Å². The second kappa shape index (κ2) is 4.75. The summed E-state index contributed by atoms with van der Waals surface area (Å²) in [6, 6.07) is 0. The molecule has 3 rings (SSSR count). The average Bonchev–Trinajstić information content (AvgIpc) is 2.84. The van der Waals surface area contributed by atoms with Crippen molar-refractivity contribution in [1.82, 2.24) is 4.42 Å². The standard InChI is InChI=1S/C13H12ClNO4/c1-2-17-13(16)9-3-8-4-11-12(19-7-18-11)5-10(8)15(14)6-9/h3-6,12H,2,7H2,1H3. The van der Waals surface area contributed by atoms with Crippen molar-refractivity contribution in [2.75, 3.05) is 13.4 Å². The third-order valence-corrected chi connectivity index (χ3v) is 3.24. The smallest absolute Gasteiger partial charge is 0.339 e. The number of hydrogen-bond donors (Lipinski definition) is 0. The zero-order chi connectivity index (χ0) is 13.4. The van der Waals surface area contributed by atoms with Gasteiger partial charge in [-0.15, -0.1) is 0 Å². The molecule has 1 aliphatic carbocycles. The van der Waals surface area contributed by atoms with E-state index in [-0.39, 0.29) is 12.9 Å². The van der Waals surface area contributed by atoms with Crippen LogP contribution in [0, 0.1) is 0 Å². The quantitative estimate of drug-likeness (QED) is 0.572. The zero-order valence-corrected chi connectivity index (χ0v) is 11.0. The van der Waals surface area contributed by atoms with Gasteiger partial charge in [0, 0.05) is 23.5 Å². The summed E-state index contributed by atoms with van der Waals surface area (Å²) in [5, 5.41) is 0. The number of esters is 1. The van der Waals surface area contributed by atoms with Crippen molar-refractivity contribution in [3.05, 3.63) is 47.0 Å². The van der Waals surface area contributed by atoms with Crippen LogP contribution in [0.25, 0.3) is 0 Å². The van der Waals surface area contributed by atoms with Gasteiger partial charge in [0.1, 0.15) is 11.9 Å². The Kier molecular flexibility index (Phi) is 3.08. The van der Waals surface area contributed by atoms with Gasteiger partial charge in [-0.2, -0.15) is 0 Å². The first-order chi connectivity index (χ1) is 9.19. The molecule has 0 bridgehead atoms. The number of carbonyl (C=O) groups excluding carboxylic acids is 1. The Balaban J connectivity index is 1.93. The van der Waals surface area contributed by atoms with Gasteiger partial charge in [-0.3, -0.25) is 4.42 Å². The fraction of sp³-hybridized carbons (Fsp3) is 0.308. The minimum Gasteiger partial charge on any atom is -0.469 e. The third kappa shape index (κ3) is 2.15. The summed E-state index contributed by atoms with van der Waals surface area (Å²) in [7, 11) is 0. The lowest BCUT2D eigenvalue weighted by molar-refractivity contribution is -0.138. The first-order valence-electron chi connectivity index (χ1n) is 5.93. The van der Waals surface area contributed by atoms with Crippen molar-refractivity contribution in [2.45, 2.75) is 13.0 Å². The van der Waals surface area contributed by atoms with E-state index in [4.69, 9.17) is 26.0 Å². The zero-order valence-electron chi connectivity index (χ0n) is 10.3.